The monoisotopic (exact) mass is 340 g/mol. The van der Waals surface area contributed by atoms with Crippen molar-refractivity contribution in [3.63, 3.8) is 0 Å². The first-order chi connectivity index (χ1) is 11.9. The van der Waals surface area contributed by atoms with Crippen molar-refractivity contribution in [1.82, 2.24) is 19.7 Å². The van der Waals surface area contributed by atoms with Crippen molar-refractivity contribution >= 4 is 22.8 Å². The highest BCUT2D eigenvalue weighted by molar-refractivity contribution is 5.85. The third kappa shape index (κ3) is 3.71. The summed E-state index contributed by atoms with van der Waals surface area (Å²) >= 11 is 0. The summed E-state index contributed by atoms with van der Waals surface area (Å²) < 4.78 is 3.40. The van der Waals surface area contributed by atoms with Gasteiger partial charge in [-0.25, -0.2) is 4.79 Å². The maximum atomic E-state index is 12.1. The van der Waals surface area contributed by atoms with Gasteiger partial charge in [-0.15, -0.1) is 0 Å². The molecule has 1 atom stereocenters. The van der Waals surface area contributed by atoms with E-state index in [0.29, 0.717) is 6.42 Å². The molecule has 3 aromatic rings. The van der Waals surface area contributed by atoms with Crippen LogP contribution in [0, 0.1) is 0 Å². The lowest BCUT2D eigenvalue weighted by molar-refractivity contribution is -0.122. The number of hydrogen-bond donors (Lipinski definition) is 2. The minimum absolute atomic E-state index is 0.00679. The van der Waals surface area contributed by atoms with E-state index < -0.39 is 5.97 Å². The molecule has 0 aliphatic carbocycles. The van der Waals surface area contributed by atoms with Gasteiger partial charge in [0.15, 0.2) is 5.69 Å². The Morgan fingerprint density at radius 1 is 1.28 bits per heavy atom. The van der Waals surface area contributed by atoms with E-state index in [-0.39, 0.29) is 24.2 Å². The summed E-state index contributed by atoms with van der Waals surface area (Å²) in [6.07, 6.45) is 4.28. The standard InChI is InChI=1S/C18H20N4O3/c1-12(9-13-10-21(2)16-6-4-3-5-14(13)16)19-17(23)11-22-8-7-15(20-22)18(24)25/h3-8,10,12H,9,11H2,1-2H3,(H,19,23)(H,24,25). The summed E-state index contributed by atoms with van der Waals surface area (Å²) in [5, 5.41) is 16.8. The summed E-state index contributed by atoms with van der Waals surface area (Å²) in [5.74, 6) is -1.31. The quantitative estimate of drug-likeness (QED) is 0.716. The number of hydrogen-bond acceptors (Lipinski definition) is 3. The third-order valence-electron chi connectivity index (χ3n) is 4.08. The minimum Gasteiger partial charge on any atom is -0.476 e. The van der Waals surface area contributed by atoms with Crippen LogP contribution in [-0.2, 0) is 24.8 Å². The van der Waals surface area contributed by atoms with Crippen molar-refractivity contribution in [3.05, 3.63) is 54.0 Å². The van der Waals surface area contributed by atoms with E-state index in [1.165, 1.54) is 27.9 Å². The van der Waals surface area contributed by atoms with E-state index >= 15 is 0 Å². The van der Waals surface area contributed by atoms with Gasteiger partial charge >= 0.3 is 5.97 Å². The van der Waals surface area contributed by atoms with Crippen LogP contribution in [0.4, 0.5) is 0 Å². The molecule has 0 saturated carbocycles. The Hall–Kier alpha value is -3.09. The summed E-state index contributed by atoms with van der Waals surface area (Å²) in [6, 6.07) is 9.48. The first kappa shape index (κ1) is 16.8. The van der Waals surface area contributed by atoms with E-state index in [4.69, 9.17) is 5.11 Å². The predicted octanol–water partition coefficient (Wildman–Crippen LogP) is 1.82. The fourth-order valence-electron chi connectivity index (χ4n) is 3.00. The van der Waals surface area contributed by atoms with Crippen LogP contribution in [0.2, 0.25) is 0 Å². The number of aromatic carboxylic acids is 1. The lowest BCUT2D eigenvalue weighted by Crippen LogP contribution is -2.36. The second-order valence-corrected chi connectivity index (χ2v) is 6.16. The largest absolute Gasteiger partial charge is 0.476 e. The molecule has 0 aliphatic heterocycles. The zero-order valence-electron chi connectivity index (χ0n) is 14.1. The Kier molecular flexibility index (Phi) is 4.56. The van der Waals surface area contributed by atoms with Gasteiger partial charge < -0.3 is 15.0 Å². The van der Waals surface area contributed by atoms with Gasteiger partial charge in [0.25, 0.3) is 0 Å². The van der Waals surface area contributed by atoms with Crippen molar-refractivity contribution in [2.24, 2.45) is 7.05 Å². The number of nitrogens with one attached hydrogen (secondary N) is 1. The number of benzene rings is 1. The van der Waals surface area contributed by atoms with Crippen LogP contribution in [-0.4, -0.2) is 37.4 Å². The maximum Gasteiger partial charge on any atom is 0.356 e. The highest BCUT2D eigenvalue weighted by Gasteiger charge is 2.14. The van der Waals surface area contributed by atoms with Gasteiger partial charge in [-0.3, -0.25) is 9.48 Å². The van der Waals surface area contributed by atoms with Crippen molar-refractivity contribution in [1.29, 1.82) is 0 Å². The number of nitrogens with zero attached hydrogens (tertiary/aromatic N) is 3. The Morgan fingerprint density at radius 3 is 2.76 bits per heavy atom. The fraction of sp³-hybridized carbons (Fsp3) is 0.278. The number of aryl methyl sites for hydroxylation is 1. The molecule has 1 amide bonds. The zero-order chi connectivity index (χ0) is 18.0. The van der Waals surface area contributed by atoms with Crippen molar-refractivity contribution in [3.8, 4) is 0 Å². The summed E-state index contributed by atoms with van der Waals surface area (Å²) in [5.41, 5.74) is 2.27. The first-order valence-corrected chi connectivity index (χ1v) is 8.03. The number of carbonyl (C=O) groups is 2. The molecular weight excluding hydrogens is 320 g/mol. The molecule has 7 heteroatoms. The molecule has 1 unspecified atom stereocenters. The number of carboxylic acids is 1. The van der Waals surface area contributed by atoms with Crippen LogP contribution in [0.5, 0.6) is 0 Å². The number of carbonyl (C=O) groups excluding carboxylic acids is 1. The van der Waals surface area contributed by atoms with Gasteiger partial charge in [0, 0.05) is 36.4 Å². The number of para-hydroxylation sites is 1. The van der Waals surface area contributed by atoms with Crippen LogP contribution >= 0.6 is 0 Å². The van der Waals surface area contributed by atoms with Gasteiger partial charge in [0.05, 0.1) is 0 Å². The molecule has 0 saturated heterocycles. The second kappa shape index (κ2) is 6.80. The van der Waals surface area contributed by atoms with E-state index in [0.717, 1.165) is 5.52 Å². The Morgan fingerprint density at radius 2 is 2.04 bits per heavy atom. The molecule has 0 aliphatic rings. The Bertz CT molecular complexity index is 925. The van der Waals surface area contributed by atoms with Crippen molar-refractivity contribution < 1.29 is 14.7 Å². The highest BCUT2D eigenvalue weighted by atomic mass is 16.4. The van der Waals surface area contributed by atoms with E-state index in [9.17, 15) is 9.59 Å². The van der Waals surface area contributed by atoms with Gasteiger partial charge in [0.2, 0.25) is 5.91 Å². The SMILES string of the molecule is CC(Cc1cn(C)c2ccccc12)NC(=O)Cn1ccc(C(=O)O)n1. The number of aromatic nitrogens is 3. The molecule has 25 heavy (non-hydrogen) atoms. The van der Waals surface area contributed by atoms with Crippen molar-refractivity contribution in [2.75, 3.05) is 0 Å². The predicted molar refractivity (Wildman–Crippen MR) is 93.4 cm³/mol. The summed E-state index contributed by atoms with van der Waals surface area (Å²) in [4.78, 5) is 22.9. The van der Waals surface area contributed by atoms with Crippen LogP contribution < -0.4 is 5.32 Å². The van der Waals surface area contributed by atoms with E-state index in [1.807, 2.05) is 26.1 Å². The van der Waals surface area contributed by atoms with Crippen molar-refractivity contribution in [2.45, 2.75) is 25.9 Å². The van der Waals surface area contributed by atoms with Gasteiger partial charge in [-0.1, -0.05) is 18.2 Å². The highest BCUT2D eigenvalue weighted by Crippen LogP contribution is 2.21. The average Bonchev–Trinajstić information content (AvgIpc) is 3.13. The lowest BCUT2D eigenvalue weighted by atomic mass is 10.1. The normalized spacial score (nSPS) is 12.2. The summed E-state index contributed by atoms with van der Waals surface area (Å²) in [6.45, 7) is 1.94. The Labute approximate surface area is 144 Å². The topological polar surface area (TPSA) is 89.2 Å². The molecule has 0 fully saturated rings. The average molecular weight is 340 g/mol. The number of fused-ring (bicyclic) bond motifs is 1. The molecule has 130 valence electrons. The molecule has 0 radical (unpaired) electrons. The molecule has 2 aromatic heterocycles. The molecule has 2 heterocycles. The van der Waals surface area contributed by atoms with Crippen LogP contribution in [0.15, 0.2) is 42.7 Å². The molecular formula is C18H20N4O3. The van der Waals surface area contributed by atoms with E-state index in [2.05, 4.69) is 33.3 Å². The number of rotatable bonds is 6. The van der Waals surface area contributed by atoms with Gasteiger partial charge in [-0.2, -0.15) is 5.10 Å². The fourth-order valence-corrected chi connectivity index (χ4v) is 3.00. The molecule has 3 rings (SSSR count). The number of carboxylic acid groups (broad SMARTS) is 1. The molecule has 1 aromatic carbocycles. The van der Waals surface area contributed by atoms with Gasteiger partial charge in [-0.05, 0) is 31.0 Å². The molecule has 0 bridgehead atoms. The van der Waals surface area contributed by atoms with Gasteiger partial charge in [0.1, 0.15) is 6.54 Å². The molecule has 0 spiro atoms. The smallest absolute Gasteiger partial charge is 0.356 e. The third-order valence-corrected chi connectivity index (χ3v) is 4.08. The lowest BCUT2D eigenvalue weighted by Gasteiger charge is -2.13. The van der Waals surface area contributed by atoms with Crippen LogP contribution in [0.3, 0.4) is 0 Å². The number of amides is 1. The molecule has 2 N–H and O–H groups in total. The first-order valence-electron chi connectivity index (χ1n) is 8.03. The zero-order valence-corrected chi connectivity index (χ0v) is 14.1. The Balaban J connectivity index is 1.62. The van der Waals surface area contributed by atoms with Crippen LogP contribution in [0.1, 0.15) is 23.0 Å². The van der Waals surface area contributed by atoms with E-state index in [1.54, 1.807) is 0 Å². The maximum absolute atomic E-state index is 12.1. The summed E-state index contributed by atoms with van der Waals surface area (Å²) in [7, 11) is 2.01. The molecule has 7 nitrogen and oxygen atoms in total. The minimum atomic E-state index is -1.11. The second-order valence-electron chi connectivity index (χ2n) is 6.16. The van der Waals surface area contributed by atoms with Crippen LogP contribution in [0.25, 0.3) is 10.9 Å².